The molecule has 3 heterocycles. The first kappa shape index (κ1) is 20.4. The summed E-state index contributed by atoms with van der Waals surface area (Å²) in [6.07, 6.45) is 1.99. The zero-order valence-electron chi connectivity index (χ0n) is 17.2. The molecule has 1 fully saturated rings. The average Bonchev–Trinajstić information content (AvgIpc) is 3.53. The second-order valence-corrected chi connectivity index (χ2v) is 10.9. The van der Waals surface area contributed by atoms with Gasteiger partial charge in [-0.05, 0) is 56.0 Å². The molecule has 0 radical (unpaired) electrons. The Morgan fingerprint density at radius 3 is 2.68 bits per heavy atom. The van der Waals surface area contributed by atoms with Crippen LogP contribution < -0.4 is 4.90 Å². The number of sulfonamides is 1. The third kappa shape index (κ3) is 3.58. The number of nitrogens with zero attached hydrogens (tertiary/aromatic N) is 3. The molecule has 0 aliphatic carbocycles. The maximum atomic E-state index is 13.5. The Balaban J connectivity index is 1.41. The molecular weight excluding hydrogens is 430 g/mol. The second kappa shape index (κ2) is 7.85. The van der Waals surface area contributed by atoms with Crippen LogP contribution in [0, 0.1) is 6.92 Å². The van der Waals surface area contributed by atoms with Gasteiger partial charge < -0.3 is 4.90 Å². The third-order valence-corrected chi connectivity index (χ3v) is 8.69. The number of aromatic nitrogens is 1. The monoisotopic (exact) mass is 453 g/mol. The van der Waals surface area contributed by atoms with Crippen LogP contribution >= 0.6 is 11.3 Å². The molecule has 1 amide bonds. The van der Waals surface area contributed by atoms with Crippen LogP contribution in [-0.4, -0.2) is 42.7 Å². The highest BCUT2D eigenvalue weighted by atomic mass is 32.2. The Bertz CT molecular complexity index is 1240. The van der Waals surface area contributed by atoms with Crippen LogP contribution in [0.5, 0.6) is 0 Å². The van der Waals surface area contributed by atoms with Crippen LogP contribution in [0.4, 0.5) is 5.69 Å². The lowest BCUT2D eigenvalue weighted by Gasteiger charge is -2.27. The lowest BCUT2D eigenvalue weighted by Crippen LogP contribution is -2.47. The first-order chi connectivity index (χ1) is 14.9. The molecule has 3 aromatic rings. The molecule has 5 rings (SSSR count). The summed E-state index contributed by atoms with van der Waals surface area (Å²) in [5, 5.41) is 3.06. The highest BCUT2D eigenvalue weighted by molar-refractivity contribution is 7.89. The Hall–Kier alpha value is -2.55. The van der Waals surface area contributed by atoms with Crippen LogP contribution in [0.2, 0.25) is 0 Å². The molecule has 1 saturated heterocycles. The van der Waals surface area contributed by atoms with Gasteiger partial charge in [-0.2, -0.15) is 4.31 Å². The number of rotatable bonds is 4. The Labute approximate surface area is 186 Å². The molecular formula is C23H23N3O3S2. The van der Waals surface area contributed by atoms with Crippen molar-refractivity contribution < 1.29 is 13.2 Å². The van der Waals surface area contributed by atoms with Crippen LogP contribution in [-0.2, 0) is 21.2 Å². The van der Waals surface area contributed by atoms with Gasteiger partial charge in [-0.1, -0.05) is 24.3 Å². The number of hydrogen-bond acceptors (Lipinski definition) is 5. The number of carbonyl (C=O) groups is 1. The first-order valence-corrected chi connectivity index (χ1v) is 12.7. The lowest BCUT2D eigenvalue weighted by atomic mass is 10.1. The Morgan fingerprint density at radius 2 is 1.94 bits per heavy atom. The fraction of sp³-hybridized carbons (Fsp3) is 0.304. The van der Waals surface area contributed by atoms with Crippen LogP contribution in [0.1, 0.15) is 23.4 Å². The van der Waals surface area contributed by atoms with Gasteiger partial charge in [-0.15, -0.1) is 11.3 Å². The number of aryl methyl sites for hydroxylation is 1. The fourth-order valence-corrected chi connectivity index (χ4v) is 6.76. The first-order valence-electron chi connectivity index (χ1n) is 10.4. The molecule has 1 unspecified atom stereocenters. The summed E-state index contributed by atoms with van der Waals surface area (Å²) in [7, 11) is -3.70. The van der Waals surface area contributed by atoms with Gasteiger partial charge in [-0.3, -0.25) is 4.79 Å². The fourth-order valence-electron chi connectivity index (χ4n) is 4.47. The summed E-state index contributed by atoms with van der Waals surface area (Å²) in [4.78, 5) is 20.0. The van der Waals surface area contributed by atoms with Crippen molar-refractivity contribution in [1.82, 2.24) is 9.29 Å². The highest BCUT2D eigenvalue weighted by Crippen LogP contribution is 2.35. The number of carbonyl (C=O) groups excluding carboxylic acids is 1. The van der Waals surface area contributed by atoms with Crippen molar-refractivity contribution in [3.8, 4) is 11.3 Å². The van der Waals surface area contributed by atoms with E-state index in [1.807, 2.05) is 24.4 Å². The van der Waals surface area contributed by atoms with E-state index in [9.17, 15) is 13.2 Å². The SMILES string of the molecule is Cc1nc(-c2ccc3c(c2)CCN3C(=O)C2CCCN2S(=O)(=O)c2ccccc2)cs1. The predicted octanol–water partition coefficient (Wildman–Crippen LogP) is 3.86. The zero-order valence-corrected chi connectivity index (χ0v) is 18.8. The van der Waals surface area contributed by atoms with E-state index in [2.05, 4.69) is 11.1 Å². The van der Waals surface area contributed by atoms with Crippen molar-refractivity contribution in [3.63, 3.8) is 0 Å². The molecule has 8 heteroatoms. The summed E-state index contributed by atoms with van der Waals surface area (Å²) in [5.41, 5.74) is 3.98. The molecule has 31 heavy (non-hydrogen) atoms. The van der Waals surface area contributed by atoms with Gasteiger partial charge in [0.25, 0.3) is 0 Å². The van der Waals surface area contributed by atoms with Gasteiger partial charge in [0.05, 0.1) is 15.6 Å². The van der Waals surface area contributed by atoms with E-state index in [1.54, 1.807) is 46.6 Å². The highest BCUT2D eigenvalue weighted by Gasteiger charge is 2.42. The minimum absolute atomic E-state index is 0.131. The van der Waals surface area contributed by atoms with Gasteiger partial charge in [0.15, 0.2) is 0 Å². The van der Waals surface area contributed by atoms with E-state index in [-0.39, 0.29) is 10.8 Å². The average molecular weight is 454 g/mol. The standard InChI is InChI=1S/C23H23N3O3S2/c1-16-24-20(15-30-16)17-9-10-21-18(14-17)11-13-25(21)23(27)22-8-5-12-26(22)31(28,29)19-6-3-2-4-7-19/h2-4,6-7,9-10,14-15,22H,5,8,11-13H2,1H3. The normalized spacial score (nSPS) is 19.0. The third-order valence-electron chi connectivity index (χ3n) is 5.99. The second-order valence-electron chi connectivity index (χ2n) is 7.92. The molecule has 6 nitrogen and oxygen atoms in total. The van der Waals surface area contributed by atoms with Crippen molar-refractivity contribution in [2.24, 2.45) is 0 Å². The minimum Gasteiger partial charge on any atom is -0.310 e. The number of anilines is 1. The summed E-state index contributed by atoms with van der Waals surface area (Å²) in [6.45, 7) is 2.93. The van der Waals surface area contributed by atoms with Gasteiger partial charge >= 0.3 is 0 Å². The number of benzene rings is 2. The van der Waals surface area contributed by atoms with Crippen molar-refractivity contribution in [1.29, 1.82) is 0 Å². The van der Waals surface area contributed by atoms with Gasteiger partial charge in [0.1, 0.15) is 6.04 Å². The van der Waals surface area contributed by atoms with E-state index in [0.717, 1.165) is 33.9 Å². The topological polar surface area (TPSA) is 70.6 Å². The molecule has 2 aliphatic heterocycles. The molecule has 2 aromatic carbocycles. The van der Waals surface area contributed by atoms with Crippen molar-refractivity contribution in [3.05, 3.63) is 64.5 Å². The van der Waals surface area contributed by atoms with Crippen LogP contribution in [0.3, 0.4) is 0 Å². The number of thiazole rings is 1. The Morgan fingerprint density at radius 1 is 1.13 bits per heavy atom. The number of amides is 1. The molecule has 0 saturated carbocycles. The van der Waals surface area contributed by atoms with Crippen LogP contribution in [0.15, 0.2) is 58.8 Å². The maximum absolute atomic E-state index is 13.5. The Kier molecular flexibility index (Phi) is 5.16. The largest absolute Gasteiger partial charge is 0.310 e. The van der Waals surface area contributed by atoms with E-state index in [1.165, 1.54) is 4.31 Å². The summed E-state index contributed by atoms with van der Waals surface area (Å²) >= 11 is 1.62. The van der Waals surface area contributed by atoms with E-state index >= 15 is 0 Å². The quantitative estimate of drug-likeness (QED) is 0.601. The molecule has 1 aromatic heterocycles. The molecule has 2 aliphatic rings. The number of fused-ring (bicyclic) bond motifs is 1. The molecule has 160 valence electrons. The summed E-state index contributed by atoms with van der Waals surface area (Å²) in [6, 6.07) is 13.8. The van der Waals surface area contributed by atoms with Crippen molar-refractivity contribution in [2.75, 3.05) is 18.0 Å². The van der Waals surface area contributed by atoms with Gasteiger partial charge in [-0.25, -0.2) is 13.4 Å². The summed E-state index contributed by atoms with van der Waals surface area (Å²) in [5.74, 6) is -0.131. The zero-order chi connectivity index (χ0) is 21.6. The van der Waals surface area contributed by atoms with Gasteiger partial charge in [0, 0.05) is 29.7 Å². The number of hydrogen-bond donors (Lipinski definition) is 0. The smallest absolute Gasteiger partial charge is 0.245 e. The molecule has 0 N–H and O–H groups in total. The molecule has 1 atom stereocenters. The van der Waals surface area contributed by atoms with E-state index in [4.69, 9.17) is 0 Å². The van der Waals surface area contributed by atoms with E-state index in [0.29, 0.717) is 25.9 Å². The minimum atomic E-state index is -3.70. The van der Waals surface area contributed by atoms with Crippen molar-refractivity contribution >= 4 is 33.0 Å². The van der Waals surface area contributed by atoms with Crippen molar-refractivity contribution in [2.45, 2.75) is 37.1 Å². The molecule has 0 bridgehead atoms. The van der Waals surface area contributed by atoms with Gasteiger partial charge in [0.2, 0.25) is 15.9 Å². The predicted molar refractivity (Wildman–Crippen MR) is 122 cm³/mol. The maximum Gasteiger partial charge on any atom is 0.245 e. The van der Waals surface area contributed by atoms with Crippen LogP contribution in [0.25, 0.3) is 11.3 Å². The van der Waals surface area contributed by atoms with E-state index < -0.39 is 16.1 Å². The lowest BCUT2D eigenvalue weighted by molar-refractivity contribution is -0.121. The summed E-state index contributed by atoms with van der Waals surface area (Å²) < 4.78 is 27.7. The molecule has 0 spiro atoms.